The molecule has 2 aromatic heterocycles. The second-order valence-electron chi connectivity index (χ2n) is 8.62. The van der Waals surface area contributed by atoms with E-state index < -0.39 is 5.41 Å². The lowest BCUT2D eigenvalue weighted by Crippen LogP contribution is -2.37. The van der Waals surface area contributed by atoms with Gasteiger partial charge < -0.3 is 4.85 Å². The van der Waals surface area contributed by atoms with Crippen molar-refractivity contribution in [1.29, 1.82) is 0 Å². The molecule has 154 valence electrons. The van der Waals surface area contributed by atoms with Crippen LogP contribution >= 0.6 is 11.6 Å². The predicted molar refractivity (Wildman–Crippen MR) is 118 cm³/mol. The van der Waals surface area contributed by atoms with E-state index in [4.69, 9.17) is 18.2 Å². The zero-order chi connectivity index (χ0) is 21.4. The van der Waals surface area contributed by atoms with Crippen LogP contribution in [0.25, 0.3) is 10.5 Å². The van der Waals surface area contributed by atoms with Crippen LogP contribution in [-0.4, -0.2) is 26.9 Å². The zero-order valence-electron chi connectivity index (χ0n) is 17.4. The number of hydrogen-bond acceptors (Lipinski definition) is 3. The van der Waals surface area contributed by atoms with Crippen LogP contribution in [0.5, 0.6) is 0 Å². The first-order valence-electron chi connectivity index (χ1n) is 10.4. The number of Topliss-reactive ketones (excluding diaryl/α,β-unsaturated/α-hetero) is 1. The second kappa shape index (κ2) is 7.85. The van der Waals surface area contributed by atoms with E-state index in [1.807, 2.05) is 44.3 Å². The molecule has 1 aromatic carbocycles. The van der Waals surface area contributed by atoms with E-state index in [1.165, 1.54) is 5.56 Å². The van der Waals surface area contributed by atoms with Crippen LogP contribution < -0.4 is 0 Å². The van der Waals surface area contributed by atoms with Crippen LogP contribution in [0.4, 0.5) is 0 Å². The Hall–Kier alpha value is -2.71. The molecule has 0 N–H and O–H groups in total. The van der Waals surface area contributed by atoms with Crippen LogP contribution in [0.1, 0.15) is 62.9 Å². The number of nitrogens with zero attached hydrogens (tertiary/aromatic N) is 4. The van der Waals surface area contributed by atoms with Gasteiger partial charge in [0.2, 0.25) is 6.54 Å². The summed E-state index contributed by atoms with van der Waals surface area (Å²) in [5.41, 5.74) is 1.94. The topological polar surface area (TPSA) is 51.6 Å². The van der Waals surface area contributed by atoms with E-state index in [-0.39, 0.29) is 11.2 Å². The third-order valence-electron chi connectivity index (χ3n) is 6.51. The lowest BCUT2D eigenvalue weighted by atomic mass is 9.64. The maximum absolute atomic E-state index is 12.9. The molecule has 1 aliphatic rings. The first-order valence-corrected chi connectivity index (χ1v) is 10.8. The molecule has 3 aromatic rings. The van der Waals surface area contributed by atoms with Gasteiger partial charge in [0.15, 0.2) is 5.65 Å². The van der Waals surface area contributed by atoms with Crippen LogP contribution in [0.2, 0.25) is 5.02 Å². The number of halogens is 1. The molecule has 0 radical (unpaired) electrons. The fraction of sp³-hybridized carbons (Fsp3) is 0.417. The summed E-state index contributed by atoms with van der Waals surface area (Å²) >= 11 is 6.11. The summed E-state index contributed by atoms with van der Waals surface area (Å²) in [5.74, 6) is 1.05. The quantitative estimate of drug-likeness (QED) is 0.380. The lowest BCUT2D eigenvalue weighted by Gasteiger charge is -2.41. The van der Waals surface area contributed by atoms with Crippen LogP contribution in [0, 0.1) is 6.57 Å². The van der Waals surface area contributed by atoms with Gasteiger partial charge in [-0.2, -0.15) is 0 Å². The molecule has 0 spiro atoms. The fourth-order valence-corrected chi connectivity index (χ4v) is 4.58. The first kappa shape index (κ1) is 20.6. The Morgan fingerprint density at radius 3 is 2.60 bits per heavy atom. The second-order valence-corrected chi connectivity index (χ2v) is 9.05. The highest BCUT2D eigenvalue weighted by molar-refractivity contribution is 6.30. The standard InChI is InChI=1S/C24H25ClN4O/c1-23(2,20(30)8-4-15-26-3)19-7-5-16-29-21(19)27-28-22(29)24(13-6-14-24)17-9-11-18(25)12-10-17/h5,7,9-12,16H,4,6,8,13-15H2,1-2H3. The number of fused-ring (bicyclic) bond motifs is 1. The Labute approximate surface area is 181 Å². The average Bonchev–Trinajstić information content (AvgIpc) is 3.13. The molecule has 5 nitrogen and oxygen atoms in total. The van der Waals surface area contributed by atoms with Gasteiger partial charge in [-0.05, 0) is 50.5 Å². The summed E-state index contributed by atoms with van der Waals surface area (Å²) in [4.78, 5) is 16.3. The number of ketones is 1. The van der Waals surface area contributed by atoms with Crippen LogP contribution in [-0.2, 0) is 15.6 Å². The minimum atomic E-state index is -0.693. The van der Waals surface area contributed by atoms with E-state index in [2.05, 4.69) is 31.6 Å². The molecule has 0 saturated heterocycles. The molecule has 1 fully saturated rings. The summed E-state index contributed by atoms with van der Waals surface area (Å²) < 4.78 is 2.05. The van der Waals surface area contributed by atoms with Gasteiger partial charge in [0, 0.05) is 29.6 Å². The van der Waals surface area contributed by atoms with Gasteiger partial charge in [-0.15, -0.1) is 10.2 Å². The highest BCUT2D eigenvalue weighted by Crippen LogP contribution is 2.48. The van der Waals surface area contributed by atoms with Gasteiger partial charge in [-0.1, -0.05) is 36.2 Å². The highest BCUT2D eigenvalue weighted by atomic mass is 35.5. The van der Waals surface area contributed by atoms with Gasteiger partial charge in [-0.25, -0.2) is 6.57 Å². The Kier molecular flexibility index (Phi) is 5.38. The minimum absolute atomic E-state index is 0.125. The third-order valence-corrected chi connectivity index (χ3v) is 6.76. The van der Waals surface area contributed by atoms with Crippen molar-refractivity contribution in [2.24, 2.45) is 0 Å². The molecular weight excluding hydrogens is 396 g/mol. The number of hydrogen-bond donors (Lipinski definition) is 0. The fourth-order valence-electron chi connectivity index (χ4n) is 4.45. The Bertz CT molecular complexity index is 1120. The molecule has 1 saturated carbocycles. The molecular formula is C24H25ClN4O. The van der Waals surface area contributed by atoms with Crippen molar-refractivity contribution >= 4 is 23.0 Å². The average molecular weight is 421 g/mol. The lowest BCUT2D eigenvalue weighted by molar-refractivity contribution is -0.123. The summed E-state index contributed by atoms with van der Waals surface area (Å²) in [7, 11) is 0. The Balaban J connectivity index is 1.76. The highest BCUT2D eigenvalue weighted by Gasteiger charge is 2.44. The van der Waals surface area contributed by atoms with Gasteiger partial charge in [0.1, 0.15) is 11.6 Å². The van der Waals surface area contributed by atoms with Crippen molar-refractivity contribution < 1.29 is 4.79 Å². The van der Waals surface area contributed by atoms with Gasteiger partial charge in [0.05, 0.1) is 10.8 Å². The SMILES string of the molecule is [C-]#[N+]CCCC(=O)C(C)(C)c1cccn2c(C3(c4ccc(Cl)cc4)CCC3)nnc12. The van der Waals surface area contributed by atoms with E-state index >= 15 is 0 Å². The van der Waals surface area contributed by atoms with Crippen molar-refractivity contribution in [2.45, 2.75) is 56.8 Å². The number of aromatic nitrogens is 3. The van der Waals surface area contributed by atoms with Crippen LogP contribution in [0.3, 0.4) is 0 Å². The van der Waals surface area contributed by atoms with E-state index in [0.29, 0.717) is 19.4 Å². The summed E-state index contributed by atoms with van der Waals surface area (Å²) in [5, 5.41) is 9.89. The number of carbonyl (C=O) groups excluding carboxylic acids is 1. The van der Waals surface area contributed by atoms with Crippen molar-refractivity contribution in [2.75, 3.05) is 6.54 Å². The van der Waals surface area contributed by atoms with Gasteiger partial charge in [-0.3, -0.25) is 9.20 Å². The number of benzene rings is 1. The molecule has 0 unspecified atom stereocenters. The molecule has 4 rings (SSSR count). The monoisotopic (exact) mass is 420 g/mol. The maximum Gasteiger partial charge on any atom is 0.215 e. The molecule has 0 amide bonds. The van der Waals surface area contributed by atoms with Crippen molar-refractivity contribution in [3.05, 3.63) is 76.0 Å². The predicted octanol–water partition coefficient (Wildman–Crippen LogP) is 5.40. The summed E-state index contributed by atoms with van der Waals surface area (Å²) in [6.45, 7) is 11.2. The molecule has 30 heavy (non-hydrogen) atoms. The molecule has 0 atom stereocenters. The van der Waals surface area contributed by atoms with E-state index in [1.54, 1.807) is 0 Å². The number of rotatable bonds is 7. The van der Waals surface area contributed by atoms with E-state index in [0.717, 1.165) is 41.3 Å². The number of carbonyl (C=O) groups is 1. The number of pyridine rings is 1. The van der Waals surface area contributed by atoms with Crippen molar-refractivity contribution in [1.82, 2.24) is 14.6 Å². The molecule has 1 aliphatic carbocycles. The molecule has 0 bridgehead atoms. The normalized spacial score (nSPS) is 15.5. The largest absolute Gasteiger partial charge is 0.317 e. The third kappa shape index (κ3) is 3.30. The molecule has 6 heteroatoms. The van der Waals surface area contributed by atoms with E-state index in [9.17, 15) is 4.79 Å². The maximum atomic E-state index is 12.9. The van der Waals surface area contributed by atoms with Gasteiger partial charge in [0.25, 0.3) is 0 Å². The minimum Gasteiger partial charge on any atom is -0.317 e. The van der Waals surface area contributed by atoms with Crippen LogP contribution in [0.15, 0.2) is 42.6 Å². The Morgan fingerprint density at radius 1 is 1.23 bits per heavy atom. The van der Waals surface area contributed by atoms with Crippen molar-refractivity contribution in [3.8, 4) is 0 Å². The summed E-state index contributed by atoms with van der Waals surface area (Å²) in [6.07, 6.45) is 6.14. The first-order chi connectivity index (χ1) is 14.4. The molecule has 0 aliphatic heterocycles. The summed E-state index contributed by atoms with van der Waals surface area (Å²) in [6, 6.07) is 12.0. The molecule has 2 heterocycles. The zero-order valence-corrected chi connectivity index (χ0v) is 18.1. The van der Waals surface area contributed by atoms with Crippen molar-refractivity contribution in [3.63, 3.8) is 0 Å². The smallest absolute Gasteiger partial charge is 0.215 e. The Morgan fingerprint density at radius 2 is 1.97 bits per heavy atom. The van der Waals surface area contributed by atoms with Gasteiger partial charge >= 0.3 is 0 Å².